The Morgan fingerprint density at radius 1 is 1.35 bits per heavy atom. The summed E-state index contributed by atoms with van der Waals surface area (Å²) in [5, 5.41) is 13.2. The van der Waals surface area contributed by atoms with Crippen molar-refractivity contribution in [3.63, 3.8) is 0 Å². The van der Waals surface area contributed by atoms with Crippen LogP contribution in [-0.2, 0) is 10.2 Å². The normalized spacial score (nSPS) is 25.2. The Labute approximate surface area is 155 Å². The van der Waals surface area contributed by atoms with Gasteiger partial charge in [0.15, 0.2) is 0 Å². The molecule has 6 nitrogen and oxygen atoms in total. The second-order valence-electron chi connectivity index (χ2n) is 7.92. The fourth-order valence-electron chi connectivity index (χ4n) is 4.01. The summed E-state index contributed by atoms with van der Waals surface area (Å²) < 4.78 is 11.2. The van der Waals surface area contributed by atoms with Gasteiger partial charge < -0.3 is 24.8 Å². The molecule has 0 aliphatic carbocycles. The van der Waals surface area contributed by atoms with Gasteiger partial charge in [-0.05, 0) is 39.2 Å². The highest BCUT2D eigenvalue weighted by Gasteiger charge is 2.39. The monoisotopic (exact) mass is 362 g/mol. The Hall–Kier alpha value is -1.79. The molecule has 2 heterocycles. The van der Waals surface area contributed by atoms with Gasteiger partial charge in [-0.3, -0.25) is 0 Å². The van der Waals surface area contributed by atoms with Gasteiger partial charge in [-0.1, -0.05) is 17.7 Å². The number of carbonyl (C=O) groups is 1. The maximum Gasteiger partial charge on any atom is 0.317 e. The molecule has 0 unspecified atom stereocenters. The third kappa shape index (κ3) is 3.96. The average Bonchev–Trinajstić information content (AvgIpc) is 3.00. The van der Waals surface area contributed by atoms with Gasteiger partial charge >= 0.3 is 6.03 Å². The van der Waals surface area contributed by atoms with E-state index in [0.29, 0.717) is 39.3 Å². The summed E-state index contributed by atoms with van der Waals surface area (Å²) in [4.78, 5) is 14.3. The summed E-state index contributed by atoms with van der Waals surface area (Å²) in [6.45, 7) is 6.69. The quantitative estimate of drug-likeness (QED) is 0.862. The van der Waals surface area contributed by atoms with Crippen LogP contribution in [-0.4, -0.2) is 61.6 Å². The lowest BCUT2D eigenvalue weighted by atomic mass is 9.73. The second kappa shape index (κ2) is 7.45. The van der Waals surface area contributed by atoms with E-state index in [-0.39, 0.29) is 11.4 Å². The minimum absolute atomic E-state index is 0.111. The standard InChI is InChI=1S/C20H30N2O4/c1-15-4-5-17(25-3)16(12-15)20(7-10-26-11-8-20)13-21-18(23)22-9-6-19(2,24)14-22/h4-5,12,24H,6-11,13-14H2,1-3H3,(H,21,23)/t19-/m0/s1. The van der Waals surface area contributed by atoms with Crippen molar-refractivity contribution in [1.82, 2.24) is 10.2 Å². The number of carbonyl (C=O) groups excluding carboxylic acids is 1. The van der Waals surface area contributed by atoms with E-state index < -0.39 is 5.60 Å². The van der Waals surface area contributed by atoms with E-state index in [2.05, 4.69) is 18.3 Å². The van der Waals surface area contributed by atoms with E-state index in [9.17, 15) is 9.90 Å². The maximum atomic E-state index is 12.6. The van der Waals surface area contributed by atoms with Crippen molar-refractivity contribution in [3.8, 4) is 5.75 Å². The summed E-state index contributed by atoms with van der Waals surface area (Å²) in [5.74, 6) is 0.857. The van der Waals surface area contributed by atoms with E-state index in [4.69, 9.17) is 9.47 Å². The number of benzene rings is 1. The molecular weight excluding hydrogens is 332 g/mol. The number of methoxy groups -OCH3 is 1. The van der Waals surface area contributed by atoms with Crippen LogP contribution >= 0.6 is 0 Å². The molecule has 2 aliphatic rings. The number of hydrogen-bond acceptors (Lipinski definition) is 4. The molecule has 1 aromatic rings. The zero-order chi connectivity index (χ0) is 18.8. The van der Waals surface area contributed by atoms with Crippen molar-refractivity contribution in [3.05, 3.63) is 29.3 Å². The lowest BCUT2D eigenvalue weighted by molar-refractivity contribution is 0.0489. The molecule has 0 spiro atoms. The van der Waals surface area contributed by atoms with Crippen LogP contribution in [0, 0.1) is 6.92 Å². The molecule has 2 fully saturated rings. The van der Waals surface area contributed by atoms with E-state index in [1.165, 1.54) is 5.56 Å². The molecule has 26 heavy (non-hydrogen) atoms. The fourth-order valence-corrected chi connectivity index (χ4v) is 4.01. The van der Waals surface area contributed by atoms with Crippen molar-refractivity contribution >= 4 is 6.03 Å². The van der Waals surface area contributed by atoms with Gasteiger partial charge in [0, 0.05) is 37.3 Å². The van der Waals surface area contributed by atoms with Gasteiger partial charge in [0.05, 0.1) is 19.3 Å². The average molecular weight is 362 g/mol. The van der Waals surface area contributed by atoms with Crippen molar-refractivity contribution in [1.29, 1.82) is 0 Å². The third-order valence-electron chi connectivity index (χ3n) is 5.69. The first kappa shape index (κ1) is 19.0. The van der Waals surface area contributed by atoms with Gasteiger partial charge in [-0.2, -0.15) is 0 Å². The Kier molecular flexibility index (Phi) is 5.44. The number of urea groups is 1. The highest BCUT2D eigenvalue weighted by atomic mass is 16.5. The molecule has 1 aromatic carbocycles. The molecule has 144 valence electrons. The summed E-state index contributed by atoms with van der Waals surface area (Å²) in [7, 11) is 1.69. The smallest absolute Gasteiger partial charge is 0.317 e. The topological polar surface area (TPSA) is 71.0 Å². The summed E-state index contributed by atoms with van der Waals surface area (Å²) in [6, 6.07) is 6.10. The number of hydrogen-bond donors (Lipinski definition) is 2. The molecule has 1 atom stereocenters. The number of aliphatic hydroxyl groups is 1. The second-order valence-corrected chi connectivity index (χ2v) is 7.92. The number of aryl methyl sites for hydroxylation is 1. The number of nitrogens with zero attached hydrogens (tertiary/aromatic N) is 1. The molecule has 2 aliphatic heterocycles. The van der Waals surface area contributed by atoms with Crippen LogP contribution < -0.4 is 10.1 Å². The van der Waals surface area contributed by atoms with Crippen LogP contribution in [0.4, 0.5) is 4.79 Å². The Bertz CT molecular complexity index is 653. The fraction of sp³-hybridized carbons (Fsp3) is 0.650. The van der Waals surface area contributed by atoms with Gasteiger partial charge in [0.1, 0.15) is 5.75 Å². The minimum Gasteiger partial charge on any atom is -0.496 e. The summed E-state index contributed by atoms with van der Waals surface area (Å²) >= 11 is 0. The number of amides is 2. The highest BCUT2D eigenvalue weighted by Crippen LogP contribution is 2.40. The largest absolute Gasteiger partial charge is 0.496 e. The van der Waals surface area contributed by atoms with Gasteiger partial charge in [0.25, 0.3) is 0 Å². The minimum atomic E-state index is -0.784. The first-order chi connectivity index (χ1) is 12.4. The van der Waals surface area contributed by atoms with Crippen LogP contribution in [0.3, 0.4) is 0 Å². The summed E-state index contributed by atoms with van der Waals surface area (Å²) in [5.41, 5.74) is 1.33. The molecular formula is C20H30N2O4. The Morgan fingerprint density at radius 2 is 2.08 bits per heavy atom. The molecule has 0 saturated carbocycles. The molecule has 3 rings (SSSR count). The lowest BCUT2D eigenvalue weighted by Crippen LogP contribution is -2.48. The van der Waals surface area contributed by atoms with Crippen LogP contribution in [0.1, 0.15) is 37.3 Å². The predicted octanol–water partition coefficient (Wildman–Crippen LogP) is 2.22. The van der Waals surface area contributed by atoms with Crippen LogP contribution in [0.5, 0.6) is 5.75 Å². The molecule has 0 radical (unpaired) electrons. The van der Waals surface area contributed by atoms with Crippen molar-refractivity contribution in [2.45, 2.75) is 44.1 Å². The van der Waals surface area contributed by atoms with Crippen LogP contribution in [0.15, 0.2) is 18.2 Å². The van der Waals surface area contributed by atoms with Crippen LogP contribution in [0.2, 0.25) is 0 Å². The van der Waals surface area contributed by atoms with E-state index in [0.717, 1.165) is 24.2 Å². The highest BCUT2D eigenvalue weighted by molar-refractivity contribution is 5.74. The van der Waals surface area contributed by atoms with E-state index in [1.54, 1.807) is 18.9 Å². The molecule has 0 bridgehead atoms. The van der Waals surface area contributed by atoms with E-state index in [1.807, 2.05) is 12.1 Å². The SMILES string of the molecule is COc1ccc(C)cc1C1(CNC(=O)N2CC[C@](C)(O)C2)CCOCC1. The first-order valence-electron chi connectivity index (χ1n) is 9.33. The first-order valence-corrected chi connectivity index (χ1v) is 9.33. The maximum absolute atomic E-state index is 12.6. The lowest BCUT2D eigenvalue weighted by Gasteiger charge is -2.39. The summed E-state index contributed by atoms with van der Waals surface area (Å²) in [6.07, 6.45) is 2.29. The number of nitrogens with one attached hydrogen (secondary N) is 1. The van der Waals surface area contributed by atoms with Crippen molar-refractivity contribution in [2.75, 3.05) is 40.0 Å². The molecule has 2 amide bonds. The molecule has 0 aromatic heterocycles. The number of rotatable bonds is 4. The predicted molar refractivity (Wildman–Crippen MR) is 99.7 cm³/mol. The van der Waals surface area contributed by atoms with Gasteiger partial charge in [-0.25, -0.2) is 4.79 Å². The van der Waals surface area contributed by atoms with Gasteiger partial charge in [-0.15, -0.1) is 0 Å². The van der Waals surface area contributed by atoms with Gasteiger partial charge in [0.2, 0.25) is 0 Å². The third-order valence-corrected chi connectivity index (χ3v) is 5.69. The zero-order valence-corrected chi connectivity index (χ0v) is 16.0. The molecule has 6 heteroatoms. The molecule has 2 N–H and O–H groups in total. The van der Waals surface area contributed by atoms with Crippen LogP contribution in [0.25, 0.3) is 0 Å². The Balaban J connectivity index is 1.78. The number of likely N-dealkylation sites (tertiary alicyclic amines) is 1. The molecule has 2 saturated heterocycles. The van der Waals surface area contributed by atoms with Crippen molar-refractivity contribution in [2.24, 2.45) is 0 Å². The Morgan fingerprint density at radius 3 is 2.69 bits per heavy atom. The zero-order valence-electron chi connectivity index (χ0n) is 16.0. The van der Waals surface area contributed by atoms with E-state index >= 15 is 0 Å². The number of ether oxygens (including phenoxy) is 2. The van der Waals surface area contributed by atoms with Crippen molar-refractivity contribution < 1.29 is 19.4 Å². The number of β-amino-alcohol motifs (C(OH)–C–C–N with tert-alkyl or cyclic N) is 1.